The SMILES string of the molecule is CCCN1C(=O)c2n[nH]c(-c3cccs3)c2C1c1cccc(O)c1. The molecule has 3 heterocycles. The van der Waals surface area contributed by atoms with Gasteiger partial charge in [0.05, 0.1) is 16.6 Å². The molecule has 2 aromatic heterocycles. The molecular weight excluding hydrogens is 322 g/mol. The van der Waals surface area contributed by atoms with Crippen molar-refractivity contribution in [3.63, 3.8) is 0 Å². The van der Waals surface area contributed by atoms with Crippen LogP contribution in [0.15, 0.2) is 41.8 Å². The van der Waals surface area contributed by atoms with Gasteiger partial charge >= 0.3 is 0 Å². The third-order valence-corrected chi connectivity index (χ3v) is 5.16. The fourth-order valence-corrected chi connectivity index (χ4v) is 4.05. The van der Waals surface area contributed by atoms with Gasteiger partial charge in [-0.25, -0.2) is 0 Å². The summed E-state index contributed by atoms with van der Waals surface area (Å²) in [6.07, 6.45) is 0.864. The number of phenols is 1. The zero-order valence-corrected chi connectivity index (χ0v) is 14.0. The van der Waals surface area contributed by atoms with Crippen LogP contribution in [0.1, 0.15) is 41.0 Å². The topological polar surface area (TPSA) is 69.2 Å². The number of aromatic nitrogens is 2. The van der Waals surface area contributed by atoms with Crippen molar-refractivity contribution in [1.29, 1.82) is 0 Å². The maximum Gasteiger partial charge on any atom is 0.275 e. The number of H-pyrrole nitrogens is 1. The average molecular weight is 339 g/mol. The standard InChI is InChI=1S/C18H17N3O2S/c1-2-8-21-17(11-5-3-6-12(22)10-11)14-15(13-7-4-9-24-13)19-20-16(14)18(21)23/h3-7,9-10,17,22H,2,8H2,1H3,(H,19,20). The minimum atomic E-state index is -0.226. The summed E-state index contributed by atoms with van der Waals surface area (Å²) in [5.41, 5.74) is 3.18. The number of aromatic hydroxyl groups is 1. The summed E-state index contributed by atoms with van der Waals surface area (Å²) in [7, 11) is 0. The van der Waals surface area contributed by atoms with Gasteiger partial charge in [-0.1, -0.05) is 25.1 Å². The summed E-state index contributed by atoms with van der Waals surface area (Å²) in [6.45, 7) is 2.70. The first-order valence-corrected chi connectivity index (χ1v) is 8.80. The lowest BCUT2D eigenvalue weighted by Gasteiger charge is -2.26. The fraction of sp³-hybridized carbons (Fsp3) is 0.222. The Morgan fingerprint density at radius 1 is 1.33 bits per heavy atom. The van der Waals surface area contributed by atoms with E-state index in [0.717, 1.165) is 28.1 Å². The van der Waals surface area contributed by atoms with E-state index in [2.05, 4.69) is 17.1 Å². The molecule has 0 saturated heterocycles. The highest BCUT2D eigenvalue weighted by atomic mass is 32.1. The molecule has 0 spiro atoms. The van der Waals surface area contributed by atoms with Crippen molar-refractivity contribution in [3.05, 3.63) is 58.6 Å². The van der Waals surface area contributed by atoms with Gasteiger partial charge in [-0.3, -0.25) is 9.89 Å². The van der Waals surface area contributed by atoms with E-state index in [1.165, 1.54) is 0 Å². The van der Waals surface area contributed by atoms with E-state index in [1.54, 1.807) is 23.5 Å². The molecular formula is C18H17N3O2S. The second-order valence-electron chi connectivity index (χ2n) is 5.83. The highest BCUT2D eigenvalue weighted by Crippen LogP contribution is 2.44. The van der Waals surface area contributed by atoms with Crippen LogP contribution < -0.4 is 0 Å². The fourth-order valence-electron chi connectivity index (χ4n) is 3.31. The van der Waals surface area contributed by atoms with Gasteiger partial charge in [0.15, 0.2) is 5.69 Å². The molecule has 1 aromatic carbocycles. The molecule has 1 atom stereocenters. The average Bonchev–Trinajstić information content (AvgIpc) is 3.27. The normalized spacial score (nSPS) is 16.6. The lowest BCUT2D eigenvalue weighted by atomic mass is 9.98. The number of benzene rings is 1. The lowest BCUT2D eigenvalue weighted by Crippen LogP contribution is -2.30. The Labute approximate surface area is 143 Å². The largest absolute Gasteiger partial charge is 0.508 e. The molecule has 5 nitrogen and oxygen atoms in total. The molecule has 1 aliphatic rings. The number of nitrogens with zero attached hydrogens (tertiary/aromatic N) is 2. The smallest absolute Gasteiger partial charge is 0.275 e. The molecule has 122 valence electrons. The van der Waals surface area contributed by atoms with Crippen molar-refractivity contribution in [3.8, 4) is 16.3 Å². The number of hydrogen-bond acceptors (Lipinski definition) is 4. The number of phenolic OH excluding ortho intramolecular Hbond substituents is 1. The molecule has 0 bridgehead atoms. The third-order valence-electron chi connectivity index (χ3n) is 4.27. The van der Waals surface area contributed by atoms with Crippen molar-refractivity contribution >= 4 is 17.2 Å². The van der Waals surface area contributed by atoms with Crippen LogP contribution in [0.2, 0.25) is 0 Å². The van der Waals surface area contributed by atoms with E-state index >= 15 is 0 Å². The molecule has 0 fully saturated rings. The number of nitrogens with one attached hydrogen (secondary N) is 1. The van der Waals surface area contributed by atoms with E-state index in [9.17, 15) is 9.90 Å². The van der Waals surface area contributed by atoms with Crippen LogP contribution in [0.25, 0.3) is 10.6 Å². The third kappa shape index (κ3) is 2.22. The second kappa shape index (κ2) is 5.79. The Kier molecular flexibility index (Phi) is 3.61. The predicted molar refractivity (Wildman–Crippen MR) is 93.2 cm³/mol. The number of carbonyl (C=O) groups is 1. The minimum absolute atomic E-state index is 0.0563. The van der Waals surface area contributed by atoms with Crippen molar-refractivity contribution < 1.29 is 9.90 Å². The summed E-state index contributed by atoms with van der Waals surface area (Å²) in [6, 6.07) is 10.9. The molecule has 24 heavy (non-hydrogen) atoms. The van der Waals surface area contributed by atoms with Gasteiger partial charge in [-0.2, -0.15) is 5.10 Å². The van der Waals surface area contributed by atoms with Crippen LogP contribution in [0.5, 0.6) is 5.75 Å². The summed E-state index contributed by atoms with van der Waals surface area (Å²) in [4.78, 5) is 15.7. The van der Waals surface area contributed by atoms with Gasteiger partial charge in [-0.15, -0.1) is 11.3 Å². The summed E-state index contributed by atoms with van der Waals surface area (Å²) < 4.78 is 0. The number of hydrogen-bond donors (Lipinski definition) is 2. The van der Waals surface area contributed by atoms with Crippen LogP contribution in [0.3, 0.4) is 0 Å². The number of carbonyl (C=O) groups excluding carboxylic acids is 1. The van der Waals surface area contributed by atoms with E-state index < -0.39 is 0 Å². The molecule has 1 amide bonds. The van der Waals surface area contributed by atoms with Gasteiger partial charge < -0.3 is 10.0 Å². The number of amides is 1. The van der Waals surface area contributed by atoms with Crippen LogP contribution >= 0.6 is 11.3 Å². The molecule has 0 radical (unpaired) electrons. The predicted octanol–water partition coefficient (Wildman–Crippen LogP) is 3.80. The van der Waals surface area contributed by atoms with E-state index in [-0.39, 0.29) is 17.7 Å². The second-order valence-corrected chi connectivity index (χ2v) is 6.78. The first-order valence-electron chi connectivity index (χ1n) is 7.92. The molecule has 0 aliphatic carbocycles. The Morgan fingerprint density at radius 2 is 2.21 bits per heavy atom. The number of rotatable bonds is 4. The van der Waals surface area contributed by atoms with Crippen LogP contribution in [0, 0.1) is 0 Å². The van der Waals surface area contributed by atoms with Gasteiger partial charge in [0.1, 0.15) is 5.75 Å². The van der Waals surface area contributed by atoms with Crippen molar-refractivity contribution in [1.82, 2.24) is 15.1 Å². The Morgan fingerprint density at radius 3 is 2.92 bits per heavy atom. The van der Waals surface area contributed by atoms with E-state index in [1.807, 2.05) is 34.5 Å². The molecule has 2 N–H and O–H groups in total. The van der Waals surface area contributed by atoms with E-state index in [0.29, 0.717) is 12.2 Å². The first kappa shape index (κ1) is 15.0. The molecule has 0 saturated carbocycles. The zero-order chi connectivity index (χ0) is 16.7. The minimum Gasteiger partial charge on any atom is -0.508 e. The molecule has 3 aromatic rings. The number of fused-ring (bicyclic) bond motifs is 1. The quantitative estimate of drug-likeness (QED) is 0.759. The highest BCUT2D eigenvalue weighted by molar-refractivity contribution is 7.13. The number of thiophene rings is 1. The van der Waals surface area contributed by atoms with Gasteiger partial charge in [0, 0.05) is 12.1 Å². The molecule has 6 heteroatoms. The first-order chi connectivity index (χ1) is 11.7. The monoisotopic (exact) mass is 339 g/mol. The lowest BCUT2D eigenvalue weighted by molar-refractivity contribution is 0.0743. The Balaban J connectivity index is 1.90. The Hall–Kier alpha value is -2.60. The van der Waals surface area contributed by atoms with Crippen molar-refractivity contribution in [2.75, 3.05) is 6.54 Å². The maximum absolute atomic E-state index is 12.8. The van der Waals surface area contributed by atoms with Crippen molar-refractivity contribution in [2.24, 2.45) is 0 Å². The molecule has 4 rings (SSSR count). The molecule has 1 aliphatic heterocycles. The Bertz CT molecular complexity index is 886. The summed E-state index contributed by atoms with van der Waals surface area (Å²) in [5.74, 6) is 0.144. The molecule has 1 unspecified atom stereocenters. The summed E-state index contributed by atoms with van der Waals surface area (Å²) in [5, 5.41) is 19.2. The summed E-state index contributed by atoms with van der Waals surface area (Å²) >= 11 is 1.61. The van der Waals surface area contributed by atoms with Crippen LogP contribution in [0.4, 0.5) is 0 Å². The van der Waals surface area contributed by atoms with Crippen molar-refractivity contribution in [2.45, 2.75) is 19.4 Å². The van der Waals surface area contributed by atoms with E-state index in [4.69, 9.17) is 0 Å². The maximum atomic E-state index is 12.8. The number of aromatic amines is 1. The van der Waals surface area contributed by atoms with Gasteiger partial charge in [-0.05, 0) is 35.6 Å². The van der Waals surface area contributed by atoms with Gasteiger partial charge in [0.25, 0.3) is 5.91 Å². The van der Waals surface area contributed by atoms with Crippen LogP contribution in [-0.2, 0) is 0 Å². The van der Waals surface area contributed by atoms with Gasteiger partial charge in [0.2, 0.25) is 0 Å². The highest BCUT2D eigenvalue weighted by Gasteiger charge is 2.42. The zero-order valence-electron chi connectivity index (χ0n) is 13.2. The van der Waals surface area contributed by atoms with Crippen LogP contribution in [-0.4, -0.2) is 32.7 Å².